The number of ether oxygens (including phenoxy) is 3. The maximum absolute atomic E-state index is 12.7. The number of aromatic nitrogens is 1. The first-order chi connectivity index (χ1) is 12.9. The van der Waals surface area contributed by atoms with Crippen LogP contribution >= 0.6 is 0 Å². The molecule has 0 aliphatic rings. The van der Waals surface area contributed by atoms with Crippen molar-refractivity contribution in [1.29, 1.82) is 0 Å². The summed E-state index contributed by atoms with van der Waals surface area (Å²) in [6, 6.07) is 5.49. The van der Waals surface area contributed by atoms with Crippen LogP contribution in [-0.2, 0) is 11.2 Å². The maximum atomic E-state index is 12.7. The molecular weight excluding hydrogens is 346 g/mol. The molecule has 0 aliphatic heterocycles. The van der Waals surface area contributed by atoms with Crippen molar-refractivity contribution >= 4 is 11.8 Å². The number of hydrogen-bond donors (Lipinski definition) is 1. The van der Waals surface area contributed by atoms with Crippen molar-refractivity contribution in [3.63, 3.8) is 0 Å². The summed E-state index contributed by atoms with van der Waals surface area (Å²) in [4.78, 5) is 28.0. The van der Waals surface area contributed by atoms with E-state index in [9.17, 15) is 9.59 Å². The van der Waals surface area contributed by atoms with Crippen LogP contribution in [0.5, 0.6) is 11.5 Å². The molecule has 6 heteroatoms. The number of allylic oxidation sites excluding steroid dienone is 1. The number of aromatic amines is 1. The first kappa shape index (κ1) is 20.3. The fraction of sp³-hybridized carbons (Fsp3) is 0.333. The minimum Gasteiger partial charge on any atom is -0.493 e. The average Bonchev–Trinajstić information content (AvgIpc) is 2.94. The Morgan fingerprint density at radius 2 is 1.85 bits per heavy atom. The molecule has 2 rings (SSSR count). The average molecular weight is 371 g/mol. The van der Waals surface area contributed by atoms with Crippen LogP contribution < -0.4 is 9.47 Å². The lowest BCUT2D eigenvalue weighted by molar-refractivity contribution is 0.0522. The highest BCUT2D eigenvalue weighted by atomic mass is 16.5. The van der Waals surface area contributed by atoms with Gasteiger partial charge in [-0.2, -0.15) is 0 Å². The molecule has 1 aromatic heterocycles. The molecule has 0 unspecified atom stereocenters. The molecule has 0 aliphatic carbocycles. The van der Waals surface area contributed by atoms with Gasteiger partial charge in [-0.05, 0) is 44.9 Å². The first-order valence-corrected chi connectivity index (χ1v) is 8.72. The van der Waals surface area contributed by atoms with E-state index in [-0.39, 0.29) is 24.6 Å². The van der Waals surface area contributed by atoms with Crippen LogP contribution in [0, 0.1) is 13.8 Å². The van der Waals surface area contributed by atoms with Gasteiger partial charge in [0.25, 0.3) is 0 Å². The van der Waals surface area contributed by atoms with Gasteiger partial charge in [-0.25, -0.2) is 4.79 Å². The van der Waals surface area contributed by atoms with Crippen molar-refractivity contribution in [3.8, 4) is 11.5 Å². The van der Waals surface area contributed by atoms with E-state index >= 15 is 0 Å². The fourth-order valence-corrected chi connectivity index (χ4v) is 2.93. The third-order valence-corrected chi connectivity index (χ3v) is 4.10. The monoisotopic (exact) mass is 371 g/mol. The Balaban J connectivity index is 2.22. The Morgan fingerprint density at radius 1 is 1.15 bits per heavy atom. The van der Waals surface area contributed by atoms with E-state index in [4.69, 9.17) is 14.2 Å². The molecule has 6 nitrogen and oxygen atoms in total. The van der Waals surface area contributed by atoms with E-state index in [1.165, 1.54) is 0 Å². The number of esters is 1. The van der Waals surface area contributed by atoms with E-state index < -0.39 is 5.97 Å². The highest BCUT2D eigenvalue weighted by Gasteiger charge is 2.25. The van der Waals surface area contributed by atoms with Gasteiger partial charge >= 0.3 is 5.97 Å². The lowest BCUT2D eigenvalue weighted by Crippen LogP contribution is -2.17. The summed E-state index contributed by atoms with van der Waals surface area (Å²) in [7, 11) is 1.54. The van der Waals surface area contributed by atoms with Crippen LogP contribution in [0.25, 0.3) is 0 Å². The molecule has 0 bridgehead atoms. The van der Waals surface area contributed by atoms with Crippen molar-refractivity contribution in [2.75, 3.05) is 20.3 Å². The minimum absolute atomic E-state index is 0.221. The van der Waals surface area contributed by atoms with Crippen molar-refractivity contribution in [1.82, 2.24) is 4.98 Å². The predicted octanol–water partition coefficient (Wildman–Crippen LogP) is 3.81. The lowest BCUT2D eigenvalue weighted by atomic mass is 10.1. The zero-order valence-corrected chi connectivity index (χ0v) is 16.2. The van der Waals surface area contributed by atoms with Gasteiger partial charge in [0, 0.05) is 11.4 Å². The number of carbonyl (C=O) groups is 2. The number of rotatable bonds is 9. The molecule has 1 aromatic carbocycles. The van der Waals surface area contributed by atoms with E-state index in [0.717, 1.165) is 5.56 Å². The summed E-state index contributed by atoms with van der Waals surface area (Å²) >= 11 is 0. The Labute approximate surface area is 159 Å². The van der Waals surface area contributed by atoms with E-state index in [2.05, 4.69) is 11.6 Å². The number of ketones is 1. The van der Waals surface area contributed by atoms with Crippen molar-refractivity contribution < 1.29 is 23.8 Å². The molecule has 1 N–H and O–H groups in total. The molecule has 0 radical (unpaired) electrons. The Bertz CT molecular complexity index is 850. The van der Waals surface area contributed by atoms with Crippen molar-refractivity contribution in [2.24, 2.45) is 0 Å². The van der Waals surface area contributed by atoms with Gasteiger partial charge in [0.2, 0.25) is 5.78 Å². The smallest absolute Gasteiger partial charge is 0.340 e. The second-order valence-corrected chi connectivity index (χ2v) is 6.04. The molecule has 0 atom stereocenters. The van der Waals surface area contributed by atoms with Gasteiger partial charge in [0.15, 0.2) is 18.1 Å². The molecule has 27 heavy (non-hydrogen) atoms. The zero-order valence-electron chi connectivity index (χ0n) is 16.2. The quantitative estimate of drug-likeness (QED) is 0.412. The van der Waals surface area contributed by atoms with Crippen molar-refractivity contribution in [2.45, 2.75) is 27.2 Å². The molecule has 1 heterocycles. The number of H-pyrrole nitrogens is 1. The summed E-state index contributed by atoms with van der Waals surface area (Å²) in [6.07, 6.45) is 2.51. The lowest BCUT2D eigenvalue weighted by Gasteiger charge is -2.12. The number of nitrogens with one attached hydrogen (secondary N) is 1. The van der Waals surface area contributed by atoms with Gasteiger partial charge in [-0.1, -0.05) is 12.1 Å². The maximum Gasteiger partial charge on any atom is 0.340 e. The van der Waals surface area contributed by atoms with Crippen LogP contribution in [0.4, 0.5) is 0 Å². The van der Waals surface area contributed by atoms with E-state index in [1.807, 2.05) is 12.1 Å². The largest absolute Gasteiger partial charge is 0.493 e. The molecule has 0 amide bonds. The number of Topliss-reactive ketones (excluding diaryl/α,β-unsaturated/α-hetero) is 1. The fourth-order valence-electron chi connectivity index (χ4n) is 2.93. The molecule has 0 fully saturated rings. The highest BCUT2D eigenvalue weighted by Crippen LogP contribution is 2.29. The van der Waals surface area contributed by atoms with Crippen LogP contribution in [0.3, 0.4) is 0 Å². The standard InChI is InChI=1S/C21H25NO5/c1-6-8-15-9-10-17(18(11-15)25-5)27-12-16(23)19-13(3)22-14(4)20(19)21(24)26-7-2/h6,9-11,22H,1,7-8,12H2,2-5H3. The molecule has 0 saturated carbocycles. The number of methoxy groups -OCH3 is 1. The van der Waals surface area contributed by atoms with Crippen LogP contribution in [-0.4, -0.2) is 37.1 Å². The summed E-state index contributed by atoms with van der Waals surface area (Å²) in [5.41, 5.74) is 2.80. The van der Waals surface area contributed by atoms with Crippen molar-refractivity contribution in [3.05, 3.63) is 58.9 Å². The Kier molecular flexibility index (Phi) is 6.82. The molecule has 0 saturated heterocycles. The second-order valence-electron chi connectivity index (χ2n) is 6.04. The van der Waals surface area contributed by atoms with E-state index in [0.29, 0.717) is 34.9 Å². The summed E-state index contributed by atoms with van der Waals surface area (Å²) in [6.45, 7) is 8.93. The van der Waals surface area contributed by atoms with Gasteiger partial charge in [-0.15, -0.1) is 6.58 Å². The molecule has 0 spiro atoms. The van der Waals surface area contributed by atoms with Gasteiger partial charge < -0.3 is 19.2 Å². The SMILES string of the molecule is C=CCc1ccc(OCC(=O)c2c(C)[nH]c(C)c2C(=O)OCC)c(OC)c1. The highest BCUT2D eigenvalue weighted by molar-refractivity contribution is 6.08. The predicted molar refractivity (Wildman–Crippen MR) is 103 cm³/mol. The van der Waals surface area contributed by atoms with Gasteiger partial charge in [0.05, 0.1) is 24.8 Å². The normalized spacial score (nSPS) is 10.4. The summed E-state index contributed by atoms with van der Waals surface area (Å²) < 4.78 is 16.1. The van der Waals surface area contributed by atoms with E-state index in [1.54, 1.807) is 40.0 Å². The van der Waals surface area contributed by atoms with Gasteiger partial charge in [0.1, 0.15) is 0 Å². The minimum atomic E-state index is -0.519. The second kappa shape index (κ2) is 9.07. The molecular formula is C21H25NO5. The Morgan fingerprint density at radius 3 is 2.48 bits per heavy atom. The number of carbonyl (C=O) groups excluding carboxylic acids is 2. The number of benzene rings is 1. The molecule has 144 valence electrons. The summed E-state index contributed by atoms with van der Waals surface area (Å²) in [5, 5.41) is 0. The zero-order chi connectivity index (χ0) is 20.0. The Hall–Kier alpha value is -3.02. The van der Waals surface area contributed by atoms with Gasteiger partial charge in [-0.3, -0.25) is 4.79 Å². The summed E-state index contributed by atoms with van der Waals surface area (Å²) in [5.74, 6) is 0.169. The third-order valence-electron chi connectivity index (χ3n) is 4.10. The van der Waals surface area contributed by atoms with Crippen LogP contribution in [0.15, 0.2) is 30.9 Å². The van der Waals surface area contributed by atoms with Crippen LogP contribution in [0.1, 0.15) is 44.6 Å². The number of hydrogen-bond acceptors (Lipinski definition) is 5. The van der Waals surface area contributed by atoms with Crippen LogP contribution in [0.2, 0.25) is 0 Å². The number of aryl methyl sites for hydroxylation is 2. The topological polar surface area (TPSA) is 77.6 Å². The third kappa shape index (κ3) is 4.58. The first-order valence-electron chi connectivity index (χ1n) is 8.72. The molecule has 2 aromatic rings.